The van der Waals surface area contributed by atoms with Gasteiger partial charge in [-0.1, -0.05) is 30.3 Å². The third-order valence-electron chi connectivity index (χ3n) is 2.78. The number of rotatable bonds is 2. The maximum atomic E-state index is 12.7. The molecule has 0 aliphatic carbocycles. The van der Waals surface area contributed by atoms with Gasteiger partial charge in [0, 0.05) is 0 Å². The second-order valence-corrected chi connectivity index (χ2v) is 3.82. The van der Waals surface area contributed by atoms with Gasteiger partial charge in [-0.3, -0.25) is 0 Å². The molecule has 0 amide bonds. The van der Waals surface area contributed by atoms with Gasteiger partial charge < -0.3 is 0 Å². The summed E-state index contributed by atoms with van der Waals surface area (Å²) >= 11 is 0. The number of benzene rings is 1. The molecule has 0 saturated heterocycles. The Bertz CT molecular complexity index is 388. The first kappa shape index (κ1) is 12.8. The molecule has 0 spiro atoms. The molecule has 0 aliphatic rings. The van der Waals surface area contributed by atoms with Crippen molar-refractivity contribution < 1.29 is 13.2 Å². The molecule has 1 atom stereocenters. The number of hydrogen-bond donors (Lipinski definition) is 0. The number of halogens is 3. The fourth-order valence-corrected chi connectivity index (χ4v) is 1.57. The van der Waals surface area contributed by atoms with Crippen molar-refractivity contribution in [3.63, 3.8) is 0 Å². The third kappa shape index (κ3) is 2.65. The zero-order chi connectivity index (χ0) is 12.3. The predicted molar refractivity (Wildman–Crippen MR) is 60.2 cm³/mol. The Kier molecular flexibility index (Phi) is 3.79. The molecule has 0 nitrogen and oxygen atoms in total. The summed E-state index contributed by atoms with van der Waals surface area (Å²) in [5.74, 6) is -1.43. The van der Waals surface area contributed by atoms with Crippen LogP contribution >= 0.6 is 0 Å². The zero-order valence-corrected chi connectivity index (χ0v) is 9.60. The van der Waals surface area contributed by atoms with Crippen molar-refractivity contribution in [2.45, 2.75) is 32.9 Å². The maximum absolute atomic E-state index is 12.7. The van der Waals surface area contributed by atoms with Crippen molar-refractivity contribution in [2.75, 3.05) is 0 Å². The van der Waals surface area contributed by atoms with Crippen LogP contribution in [0.1, 0.15) is 37.8 Å². The van der Waals surface area contributed by atoms with Gasteiger partial charge in [0.15, 0.2) is 0 Å². The normalized spacial score (nSPS) is 15.0. The predicted octanol–water partition coefficient (Wildman–Crippen LogP) is 4.78. The molecule has 0 radical (unpaired) electrons. The summed E-state index contributed by atoms with van der Waals surface area (Å²) in [7, 11) is 0. The molecule has 16 heavy (non-hydrogen) atoms. The molecule has 1 aromatic rings. The molecule has 0 fully saturated rings. The van der Waals surface area contributed by atoms with E-state index in [2.05, 4.69) is 0 Å². The fourth-order valence-electron chi connectivity index (χ4n) is 1.57. The first-order chi connectivity index (χ1) is 7.38. The Morgan fingerprint density at radius 1 is 1.25 bits per heavy atom. The van der Waals surface area contributed by atoms with Crippen LogP contribution in [0.15, 0.2) is 30.3 Å². The standard InChI is InChI=1S/C13H15F3/c1-4-9(2)11-7-5-6-8-12(11)10(3)13(14,15)16/h4-8,10H,1-3H3/b9-4+. The quantitative estimate of drug-likeness (QED) is 0.683. The molecule has 0 heterocycles. The molecule has 0 aromatic heterocycles. The molecular formula is C13H15F3. The van der Waals surface area contributed by atoms with Crippen LogP contribution in [0.25, 0.3) is 5.57 Å². The molecule has 0 N–H and O–H groups in total. The van der Waals surface area contributed by atoms with E-state index in [0.717, 1.165) is 5.57 Å². The van der Waals surface area contributed by atoms with Crippen molar-refractivity contribution in [3.05, 3.63) is 41.5 Å². The highest BCUT2D eigenvalue weighted by Gasteiger charge is 2.37. The Labute approximate surface area is 93.8 Å². The first-order valence-corrected chi connectivity index (χ1v) is 5.17. The van der Waals surface area contributed by atoms with Crippen LogP contribution in [0.2, 0.25) is 0 Å². The van der Waals surface area contributed by atoms with E-state index in [1.165, 1.54) is 6.92 Å². The number of allylic oxidation sites excluding steroid dienone is 2. The summed E-state index contributed by atoms with van der Waals surface area (Å²) in [6, 6.07) is 6.67. The van der Waals surface area contributed by atoms with Crippen LogP contribution in [0.5, 0.6) is 0 Å². The van der Waals surface area contributed by atoms with Crippen molar-refractivity contribution in [3.8, 4) is 0 Å². The van der Waals surface area contributed by atoms with Crippen LogP contribution in [0.3, 0.4) is 0 Å². The average molecular weight is 228 g/mol. The molecule has 1 unspecified atom stereocenters. The lowest BCUT2D eigenvalue weighted by molar-refractivity contribution is -0.146. The second-order valence-electron chi connectivity index (χ2n) is 3.82. The Balaban J connectivity index is 3.24. The minimum atomic E-state index is -4.19. The lowest BCUT2D eigenvalue weighted by Gasteiger charge is -2.19. The van der Waals surface area contributed by atoms with E-state index in [0.29, 0.717) is 11.1 Å². The summed E-state index contributed by atoms with van der Waals surface area (Å²) in [6.45, 7) is 4.84. The highest BCUT2D eigenvalue weighted by Crippen LogP contribution is 2.37. The second kappa shape index (κ2) is 4.73. The molecule has 0 saturated carbocycles. The van der Waals surface area contributed by atoms with Gasteiger partial charge in [-0.05, 0) is 37.5 Å². The topological polar surface area (TPSA) is 0 Å². The van der Waals surface area contributed by atoms with Gasteiger partial charge in [-0.2, -0.15) is 13.2 Å². The summed E-state index contributed by atoms with van der Waals surface area (Å²) in [4.78, 5) is 0. The monoisotopic (exact) mass is 228 g/mol. The molecule has 88 valence electrons. The van der Waals surface area contributed by atoms with Gasteiger partial charge in [0.25, 0.3) is 0 Å². The van der Waals surface area contributed by atoms with Gasteiger partial charge in [0.1, 0.15) is 0 Å². The van der Waals surface area contributed by atoms with E-state index in [1.54, 1.807) is 24.3 Å². The van der Waals surface area contributed by atoms with E-state index < -0.39 is 12.1 Å². The minimum absolute atomic E-state index is 0.339. The lowest BCUT2D eigenvalue weighted by Crippen LogP contribution is -2.18. The van der Waals surface area contributed by atoms with Gasteiger partial charge in [-0.15, -0.1) is 0 Å². The van der Waals surface area contributed by atoms with Gasteiger partial charge in [-0.25, -0.2) is 0 Å². The molecule has 1 aromatic carbocycles. The lowest BCUT2D eigenvalue weighted by atomic mass is 9.91. The van der Waals surface area contributed by atoms with E-state index in [-0.39, 0.29) is 0 Å². The first-order valence-electron chi connectivity index (χ1n) is 5.17. The third-order valence-corrected chi connectivity index (χ3v) is 2.78. The minimum Gasteiger partial charge on any atom is -0.170 e. The van der Waals surface area contributed by atoms with Crippen LogP contribution in [0.4, 0.5) is 13.2 Å². The largest absolute Gasteiger partial charge is 0.395 e. The van der Waals surface area contributed by atoms with E-state index in [1.807, 2.05) is 19.9 Å². The highest BCUT2D eigenvalue weighted by atomic mass is 19.4. The Morgan fingerprint density at radius 2 is 1.81 bits per heavy atom. The van der Waals surface area contributed by atoms with Gasteiger partial charge in [0.05, 0.1) is 5.92 Å². The number of hydrogen-bond acceptors (Lipinski definition) is 0. The zero-order valence-electron chi connectivity index (χ0n) is 9.60. The van der Waals surface area contributed by atoms with Crippen molar-refractivity contribution in [1.82, 2.24) is 0 Å². The van der Waals surface area contributed by atoms with Crippen molar-refractivity contribution in [1.29, 1.82) is 0 Å². The van der Waals surface area contributed by atoms with E-state index in [4.69, 9.17) is 0 Å². The molecule has 3 heteroatoms. The fraction of sp³-hybridized carbons (Fsp3) is 0.385. The molecule has 1 rings (SSSR count). The van der Waals surface area contributed by atoms with Gasteiger partial charge in [0.2, 0.25) is 0 Å². The summed E-state index contributed by atoms with van der Waals surface area (Å²) < 4.78 is 38.0. The van der Waals surface area contributed by atoms with E-state index in [9.17, 15) is 13.2 Å². The SMILES string of the molecule is C/C=C(\C)c1ccccc1C(C)C(F)(F)F. The maximum Gasteiger partial charge on any atom is 0.395 e. The average Bonchev–Trinajstić information content (AvgIpc) is 2.25. The van der Waals surface area contributed by atoms with Crippen LogP contribution in [0, 0.1) is 0 Å². The van der Waals surface area contributed by atoms with Crippen LogP contribution < -0.4 is 0 Å². The number of alkyl halides is 3. The Hall–Kier alpha value is -1.25. The van der Waals surface area contributed by atoms with Gasteiger partial charge >= 0.3 is 6.18 Å². The summed E-state index contributed by atoms with van der Waals surface area (Å²) in [5.41, 5.74) is 1.88. The van der Waals surface area contributed by atoms with Crippen molar-refractivity contribution in [2.24, 2.45) is 0 Å². The van der Waals surface area contributed by atoms with E-state index >= 15 is 0 Å². The summed E-state index contributed by atoms with van der Waals surface area (Å²) in [6.07, 6.45) is -2.37. The summed E-state index contributed by atoms with van der Waals surface area (Å²) in [5, 5.41) is 0. The Morgan fingerprint density at radius 3 is 2.31 bits per heavy atom. The molecular weight excluding hydrogens is 213 g/mol. The highest BCUT2D eigenvalue weighted by molar-refractivity contribution is 5.66. The van der Waals surface area contributed by atoms with Crippen LogP contribution in [-0.2, 0) is 0 Å². The molecule has 0 bridgehead atoms. The van der Waals surface area contributed by atoms with Crippen molar-refractivity contribution >= 4 is 5.57 Å². The smallest absolute Gasteiger partial charge is 0.170 e. The van der Waals surface area contributed by atoms with Crippen LogP contribution in [-0.4, -0.2) is 6.18 Å². The molecule has 0 aliphatic heterocycles.